The lowest BCUT2D eigenvalue weighted by atomic mass is 9.82. The monoisotopic (exact) mass is 372 g/mol. The minimum Gasteiger partial charge on any atom is -0.384 e. The highest BCUT2D eigenvalue weighted by Crippen LogP contribution is 2.35. The van der Waals surface area contributed by atoms with Crippen LogP contribution in [0.1, 0.15) is 48.9 Å². The average Bonchev–Trinajstić information content (AvgIpc) is 3.38. The van der Waals surface area contributed by atoms with Crippen molar-refractivity contribution in [2.45, 2.75) is 45.1 Å². The van der Waals surface area contributed by atoms with E-state index in [4.69, 9.17) is 11.6 Å². The van der Waals surface area contributed by atoms with Crippen LogP contribution in [0.3, 0.4) is 0 Å². The zero-order chi connectivity index (χ0) is 17.9. The smallest absolute Gasteiger partial charge is 0.169 e. The first-order chi connectivity index (χ1) is 12.7. The van der Waals surface area contributed by atoms with Gasteiger partial charge >= 0.3 is 0 Å². The van der Waals surface area contributed by atoms with Crippen molar-refractivity contribution in [2.24, 2.45) is 17.8 Å². The number of anilines is 1. The SMILES string of the molecule is O=C(c1cnc(Cl)cc1NCC1CCC(Cn2ccnc2)CC1)C1CC1. The lowest BCUT2D eigenvalue weighted by Crippen LogP contribution is -2.24. The number of aromatic nitrogens is 3. The number of halogens is 1. The molecule has 2 aliphatic rings. The van der Waals surface area contributed by atoms with Crippen LogP contribution in [0.15, 0.2) is 31.0 Å². The molecule has 0 radical (unpaired) electrons. The number of nitrogens with one attached hydrogen (secondary N) is 1. The first kappa shape index (κ1) is 17.5. The highest BCUT2D eigenvalue weighted by molar-refractivity contribution is 6.29. The Bertz CT molecular complexity index is 749. The van der Waals surface area contributed by atoms with Crippen LogP contribution in [0, 0.1) is 17.8 Å². The molecular formula is C20H25ClN4O. The lowest BCUT2D eigenvalue weighted by Gasteiger charge is -2.29. The summed E-state index contributed by atoms with van der Waals surface area (Å²) in [5.41, 5.74) is 1.55. The number of ketones is 1. The second kappa shape index (κ2) is 7.78. The number of rotatable bonds is 7. The van der Waals surface area contributed by atoms with Crippen molar-refractivity contribution in [3.63, 3.8) is 0 Å². The fraction of sp³-hybridized carbons (Fsp3) is 0.550. The number of nitrogens with zero attached hydrogens (tertiary/aromatic N) is 3. The minimum absolute atomic E-state index is 0.192. The number of imidazole rings is 1. The number of carbonyl (C=O) groups excluding carboxylic acids is 1. The van der Waals surface area contributed by atoms with Crippen LogP contribution < -0.4 is 5.32 Å². The Morgan fingerprint density at radius 3 is 2.65 bits per heavy atom. The van der Waals surface area contributed by atoms with Crippen molar-refractivity contribution >= 4 is 23.1 Å². The first-order valence-electron chi connectivity index (χ1n) is 9.58. The lowest BCUT2D eigenvalue weighted by molar-refractivity contribution is 0.0968. The summed E-state index contributed by atoms with van der Waals surface area (Å²) in [4.78, 5) is 20.7. The Labute approximate surface area is 159 Å². The fourth-order valence-electron chi connectivity index (χ4n) is 3.90. The molecule has 2 saturated carbocycles. The van der Waals surface area contributed by atoms with Crippen molar-refractivity contribution in [3.05, 3.63) is 41.7 Å². The van der Waals surface area contributed by atoms with Gasteiger partial charge in [-0.1, -0.05) is 11.6 Å². The summed E-state index contributed by atoms with van der Waals surface area (Å²) in [6.45, 7) is 1.96. The molecule has 1 N–H and O–H groups in total. The van der Waals surface area contributed by atoms with Gasteiger partial charge < -0.3 is 9.88 Å². The molecule has 0 aromatic carbocycles. The number of Topliss-reactive ketones (excluding diaryl/α,β-unsaturated/α-hetero) is 1. The molecule has 2 aromatic rings. The fourth-order valence-corrected chi connectivity index (χ4v) is 4.06. The maximum atomic E-state index is 12.5. The highest BCUT2D eigenvalue weighted by Gasteiger charge is 2.32. The molecule has 0 aliphatic heterocycles. The van der Waals surface area contributed by atoms with Gasteiger partial charge in [0.15, 0.2) is 5.78 Å². The average molecular weight is 373 g/mol. The normalized spacial score (nSPS) is 23.0. The summed E-state index contributed by atoms with van der Waals surface area (Å²) < 4.78 is 2.18. The molecular weight excluding hydrogens is 348 g/mol. The summed E-state index contributed by atoms with van der Waals surface area (Å²) in [6, 6.07) is 1.79. The zero-order valence-corrected chi connectivity index (χ0v) is 15.7. The number of hydrogen-bond donors (Lipinski definition) is 1. The third-order valence-electron chi connectivity index (χ3n) is 5.66. The molecule has 138 valence electrons. The van der Waals surface area contributed by atoms with Crippen molar-refractivity contribution in [2.75, 3.05) is 11.9 Å². The first-order valence-corrected chi connectivity index (χ1v) is 9.96. The van der Waals surface area contributed by atoms with Gasteiger partial charge in [0.1, 0.15) is 5.15 Å². The Balaban J connectivity index is 1.31. The second-order valence-electron chi connectivity index (χ2n) is 7.72. The molecule has 0 unspecified atom stereocenters. The standard InChI is InChI=1S/C20H25ClN4O/c21-19-9-18(17(11-24-19)20(26)16-5-6-16)23-10-14-1-3-15(4-2-14)12-25-8-7-22-13-25/h7-9,11,13-16H,1-6,10,12H2,(H,23,24). The molecule has 0 bridgehead atoms. The van der Waals surface area contributed by atoms with Gasteiger partial charge in [0, 0.05) is 43.3 Å². The summed E-state index contributed by atoms with van der Waals surface area (Å²) >= 11 is 6.06. The van der Waals surface area contributed by atoms with Crippen molar-refractivity contribution in [3.8, 4) is 0 Å². The van der Waals surface area contributed by atoms with E-state index < -0.39 is 0 Å². The van der Waals surface area contributed by atoms with Gasteiger partial charge in [-0.2, -0.15) is 0 Å². The van der Waals surface area contributed by atoms with Crippen molar-refractivity contribution in [1.29, 1.82) is 0 Å². The quantitative estimate of drug-likeness (QED) is 0.576. The van der Waals surface area contributed by atoms with E-state index in [0.717, 1.165) is 37.5 Å². The maximum absolute atomic E-state index is 12.5. The molecule has 2 aromatic heterocycles. The van der Waals surface area contributed by atoms with Crippen LogP contribution in [0.5, 0.6) is 0 Å². The van der Waals surface area contributed by atoms with Gasteiger partial charge in [-0.05, 0) is 56.4 Å². The second-order valence-corrected chi connectivity index (χ2v) is 8.11. The zero-order valence-electron chi connectivity index (χ0n) is 14.9. The van der Waals surface area contributed by atoms with Crippen LogP contribution in [0.2, 0.25) is 5.15 Å². The molecule has 2 aliphatic carbocycles. The van der Waals surface area contributed by atoms with E-state index in [0.29, 0.717) is 16.6 Å². The number of carbonyl (C=O) groups is 1. The molecule has 0 spiro atoms. The third-order valence-corrected chi connectivity index (χ3v) is 5.87. The molecule has 6 heteroatoms. The van der Waals surface area contributed by atoms with E-state index in [-0.39, 0.29) is 11.7 Å². The van der Waals surface area contributed by atoms with Gasteiger partial charge in [-0.3, -0.25) is 4.79 Å². The van der Waals surface area contributed by atoms with E-state index >= 15 is 0 Å². The topological polar surface area (TPSA) is 59.8 Å². The van der Waals surface area contributed by atoms with Gasteiger partial charge in [0.2, 0.25) is 0 Å². The molecule has 2 heterocycles. The highest BCUT2D eigenvalue weighted by atomic mass is 35.5. The van der Waals surface area contributed by atoms with E-state index in [1.165, 1.54) is 25.7 Å². The Morgan fingerprint density at radius 1 is 1.19 bits per heavy atom. The van der Waals surface area contributed by atoms with Crippen LogP contribution in [0.4, 0.5) is 5.69 Å². The van der Waals surface area contributed by atoms with Gasteiger partial charge in [-0.15, -0.1) is 0 Å². The van der Waals surface area contributed by atoms with Crippen molar-refractivity contribution < 1.29 is 4.79 Å². The van der Waals surface area contributed by atoms with E-state index in [2.05, 4.69) is 19.9 Å². The maximum Gasteiger partial charge on any atom is 0.169 e. The summed E-state index contributed by atoms with van der Waals surface area (Å²) in [6.07, 6.45) is 14.4. The molecule has 4 rings (SSSR count). The van der Waals surface area contributed by atoms with Gasteiger partial charge in [0.25, 0.3) is 0 Å². The van der Waals surface area contributed by atoms with E-state index in [9.17, 15) is 4.79 Å². The van der Waals surface area contributed by atoms with E-state index in [1.54, 1.807) is 12.3 Å². The van der Waals surface area contributed by atoms with Crippen LogP contribution in [-0.2, 0) is 6.54 Å². The van der Waals surface area contributed by atoms with Crippen LogP contribution in [0.25, 0.3) is 0 Å². The Hall–Kier alpha value is -1.88. The van der Waals surface area contributed by atoms with Gasteiger partial charge in [0.05, 0.1) is 11.9 Å². The molecule has 0 atom stereocenters. The van der Waals surface area contributed by atoms with Crippen molar-refractivity contribution in [1.82, 2.24) is 14.5 Å². The number of pyridine rings is 1. The summed E-state index contributed by atoms with van der Waals surface area (Å²) in [5.74, 6) is 1.78. The third kappa shape index (κ3) is 4.26. The summed E-state index contributed by atoms with van der Waals surface area (Å²) in [5, 5.41) is 3.92. The van der Waals surface area contributed by atoms with Crippen LogP contribution >= 0.6 is 11.6 Å². The largest absolute Gasteiger partial charge is 0.384 e. The summed E-state index contributed by atoms with van der Waals surface area (Å²) in [7, 11) is 0. The van der Waals surface area contributed by atoms with Crippen LogP contribution in [-0.4, -0.2) is 26.9 Å². The predicted molar refractivity (Wildman–Crippen MR) is 102 cm³/mol. The molecule has 0 amide bonds. The Kier molecular flexibility index (Phi) is 5.25. The Morgan fingerprint density at radius 2 is 1.96 bits per heavy atom. The predicted octanol–water partition coefficient (Wildman–Crippen LogP) is 4.44. The molecule has 2 fully saturated rings. The van der Waals surface area contributed by atoms with E-state index in [1.807, 2.05) is 18.7 Å². The molecule has 0 saturated heterocycles. The van der Waals surface area contributed by atoms with Gasteiger partial charge in [-0.25, -0.2) is 9.97 Å². The number of hydrogen-bond acceptors (Lipinski definition) is 4. The molecule has 26 heavy (non-hydrogen) atoms. The molecule has 5 nitrogen and oxygen atoms in total. The minimum atomic E-state index is 0.192.